The number of amides is 2. The maximum Gasteiger partial charge on any atom is 0.414 e. The third kappa shape index (κ3) is 3.98. The van der Waals surface area contributed by atoms with E-state index in [1.807, 2.05) is 0 Å². The number of hydrogen-bond acceptors (Lipinski definition) is 8. The Morgan fingerprint density at radius 1 is 1.31 bits per heavy atom. The molecular weight excluding hydrogens is 390 g/mol. The van der Waals surface area contributed by atoms with E-state index in [0.29, 0.717) is 13.0 Å². The summed E-state index contributed by atoms with van der Waals surface area (Å²) in [4.78, 5) is 30.2. The van der Waals surface area contributed by atoms with Crippen LogP contribution in [0.1, 0.15) is 0 Å². The SMILES string of the molecule is O=CN1CCN(c2c(F)cc(N3C[C@H](CNC4C=CON4)OC3=O)cc2F)C=N1. The number of halogens is 2. The smallest absolute Gasteiger partial charge is 0.414 e. The number of carbonyl (C=O) groups excluding carboxylic acids is 2. The minimum Gasteiger partial charge on any atom is -0.443 e. The van der Waals surface area contributed by atoms with Gasteiger partial charge in [-0.1, -0.05) is 0 Å². The van der Waals surface area contributed by atoms with Crippen molar-refractivity contribution in [2.45, 2.75) is 12.3 Å². The predicted octanol–water partition coefficient (Wildman–Crippen LogP) is 0.476. The molecule has 3 aliphatic heterocycles. The molecule has 3 heterocycles. The first-order valence-electron chi connectivity index (χ1n) is 8.86. The minimum absolute atomic E-state index is 0.0573. The first kappa shape index (κ1) is 19.1. The van der Waals surface area contributed by atoms with Gasteiger partial charge in [-0.15, -0.1) is 5.48 Å². The van der Waals surface area contributed by atoms with Gasteiger partial charge < -0.3 is 14.5 Å². The van der Waals surface area contributed by atoms with Crippen LogP contribution in [0.3, 0.4) is 0 Å². The van der Waals surface area contributed by atoms with E-state index in [2.05, 4.69) is 15.9 Å². The van der Waals surface area contributed by atoms with Crippen molar-refractivity contribution >= 4 is 30.2 Å². The normalized spacial score (nSPS) is 23.5. The van der Waals surface area contributed by atoms with E-state index in [4.69, 9.17) is 9.57 Å². The van der Waals surface area contributed by atoms with Gasteiger partial charge in [-0.3, -0.25) is 15.0 Å². The molecule has 12 heteroatoms. The maximum absolute atomic E-state index is 14.7. The highest BCUT2D eigenvalue weighted by Crippen LogP contribution is 2.31. The molecule has 2 atom stereocenters. The lowest BCUT2D eigenvalue weighted by Gasteiger charge is -2.27. The van der Waals surface area contributed by atoms with Gasteiger partial charge in [0.25, 0.3) is 0 Å². The van der Waals surface area contributed by atoms with Crippen molar-refractivity contribution in [1.82, 2.24) is 15.8 Å². The number of rotatable bonds is 6. The molecule has 154 valence electrons. The molecule has 1 saturated heterocycles. The fraction of sp³-hybridized carbons (Fsp3) is 0.353. The lowest BCUT2D eigenvalue weighted by molar-refractivity contribution is -0.118. The first-order chi connectivity index (χ1) is 14.0. The summed E-state index contributed by atoms with van der Waals surface area (Å²) in [5.74, 6) is -1.70. The summed E-state index contributed by atoms with van der Waals surface area (Å²) < 4.78 is 34.6. The zero-order chi connectivity index (χ0) is 20.4. The van der Waals surface area contributed by atoms with Crippen molar-refractivity contribution in [2.75, 3.05) is 36.0 Å². The Hall–Kier alpha value is -3.25. The van der Waals surface area contributed by atoms with Crippen molar-refractivity contribution in [3.63, 3.8) is 0 Å². The average Bonchev–Trinajstić information content (AvgIpc) is 3.36. The van der Waals surface area contributed by atoms with Gasteiger partial charge in [0.1, 0.15) is 30.6 Å². The number of hydroxylamine groups is 1. The Bertz CT molecular complexity index is 843. The van der Waals surface area contributed by atoms with Gasteiger partial charge in [-0.05, 0) is 6.08 Å². The van der Waals surface area contributed by atoms with E-state index >= 15 is 0 Å². The van der Waals surface area contributed by atoms with E-state index in [1.165, 1.54) is 22.4 Å². The van der Waals surface area contributed by atoms with Gasteiger partial charge in [0.2, 0.25) is 6.41 Å². The van der Waals surface area contributed by atoms with Crippen LogP contribution in [0.15, 0.2) is 29.6 Å². The summed E-state index contributed by atoms with van der Waals surface area (Å²) in [6.45, 7) is 0.848. The molecule has 0 aromatic heterocycles. The van der Waals surface area contributed by atoms with Crippen LogP contribution in [0.2, 0.25) is 0 Å². The Labute approximate surface area is 164 Å². The maximum atomic E-state index is 14.7. The molecule has 2 amide bonds. The van der Waals surface area contributed by atoms with Crippen LogP contribution >= 0.6 is 0 Å². The summed E-state index contributed by atoms with van der Waals surface area (Å²) >= 11 is 0. The largest absolute Gasteiger partial charge is 0.443 e. The minimum atomic E-state index is -0.849. The van der Waals surface area contributed by atoms with Crippen molar-refractivity contribution < 1.29 is 27.9 Å². The standard InChI is InChI=1S/C17H18F2N6O4/c18-13-5-11(6-14(19)16(13)23-2-3-24(10-26)21-9-23)25-8-12(29-17(25)27)7-20-15-1-4-28-22-15/h1,4-6,9-10,12,15,20,22H,2-3,7-8H2/t12-,15?/m0/s1. The van der Waals surface area contributed by atoms with Crippen LogP contribution in [-0.2, 0) is 14.4 Å². The number of hydrazone groups is 1. The molecule has 1 aromatic carbocycles. The second-order valence-electron chi connectivity index (χ2n) is 6.52. The zero-order valence-electron chi connectivity index (χ0n) is 15.1. The number of benzene rings is 1. The molecule has 1 fully saturated rings. The number of hydrogen-bond donors (Lipinski definition) is 2. The highest BCUT2D eigenvalue weighted by atomic mass is 19.1. The van der Waals surface area contributed by atoms with Crippen LogP contribution in [0.4, 0.5) is 25.0 Å². The molecule has 0 radical (unpaired) electrons. The van der Waals surface area contributed by atoms with Crippen LogP contribution in [0, 0.1) is 11.6 Å². The molecule has 1 unspecified atom stereocenters. The molecule has 4 rings (SSSR count). The number of carbonyl (C=O) groups is 2. The van der Waals surface area contributed by atoms with Crippen LogP contribution < -0.4 is 20.6 Å². The van der Waals surface area contributed by atoms with Gasteiger partial charge >= 0.3 is 6.09 Å². The molecule has 3 aliphatic rings. The van der Waals surface area contributed by atoms with Crippen molar-refractivity contribution in [2.24, 2.45) is 5.10 Å². The van der Waals surface area contributed by atoms with Gasteiger partial charge in [0, 0.05) is 25.2 Å². The van der Waals surface area contributed by atoms with Gasteiger partial charge in [-0.2, -0.15) is 5.10 Å². The molecule has 10 nitrogen and oxygen atoms in total. The molecule has 0 aliphatic carbocycles. The highest BCUT2D eigenvalue weighted by molar-refractivity contribution is 5.90. The number of ether oxygens (including phenoxy) is 1. The Kier molecular flexibility index (Phi) is 5.27. The van der Waals surface area contributed by atoms with Gasteiger partial charge in [0.15, 0.2) is 11.6 Å². The second-order valence-corrected chi connectivity index (χ2v) is 6.52. The monoisotopic (exact) mass is 408 g/mol. The van der Waals surface area contributed by atoms with Crippen molar-refractivity contribution in [1.29, 1.82) is 0 Å². The van der Waals surface area contributed by atoms with Gasteiger partial charge in [-0.25, -0.2) is 18.6 Å². The summed E-state index contributed by atoms with van der Waals surface area (Å²) in [5, 5.41) is 7.98. The third-order valence-electron chi connectivity index (χ3n) is 4.61. The number of nitrogens with zero attached hydrogens (tertiary/aromatic N) is 4. The van der Waals surface area contributed by atoms with Crippen LogP contribution in [-0.4, -0.2) is 62.3 Å². The van der Waals surface area contributed by atoms with E-state index in [0.717, 1.165) is 17.1 Å². The van der Waals surface area contributed by atoms with Crippen molar-refractivity contribution in [3.05, 3.63) is 36.1 Å². The summed E-state index contributed by atoms with van der Waals surface area (Å²) in [6, 6.07) is 2.15. The van der Waals surface area contributed by atoms with E-state index in [-0.39, 0.29) is 37.2 Å². The molecule has 0 spiro atoms. The van der Waals surface area contributed by atoms with Crippen molar-refractivity contribution in [3.8, 4) is 0 Å². The molecule has 0 saturated carbocycles. The first-order valence-corrected chi connectivity index (χ1v) is 8.86. The lowest BCUT2D eigenvalue weighted by atomic mass is 10.2. The summed E-state index contributed by atoms with van der Waals surface area (Å²) in [5.41, 5.74) is 2.44. The average molecular weight is 408 g/mol. The third-order valence-corrected chi connectivity index (χ3v) is 4.61. The van der Waals surface area contributed by atoms with E-state index < -0.39 is 23.8 Å². The molecular formula is C17H18F2N6O4. The number of nitrogens with one attached hydrogen (secondary N) is 2. The molecule has 1 aromatic rings. The molecule has 0 bridgehead atoms. The zero-order valence-corrected chi connectivity index (χ0v) is 15.1. The van der Waals surface area contributed by atoms with Crippen LogP contribution in [0.5, 0.6) is 0 Å². The molecule has 29 heavy (non-hydrogen) atoms. The Morgan fingerprint density at radius 3 is 2.72 bits per heavy atom. The highest BCUT2D eigenvalue weighted by Gasteiger charge is 2.34. The Balaban J connectivity index is 1.45. The lowest BCUT2D eigenvalue weighted by Crippen LogP contribution is -2.42. The predicted molar refractivity (Wildman–Crippen MR) is 97.7 cm³/mol. The van der Waals surface area contributed by atoms with E-state index in [9.17, 15) is 18.4 Å². The number of anilines is 2. The van der Waals surface area contributed by atoms with Gasteiger partial charge in [0.05, 0.1) is 18.8 Å². The fourth-order valence-electron chi connectivity index (χ4n) is 3.16. The molecule has 2 N–H and O–H groups in total. The second kappa shape index (κ2) is 8.01. The quantitative estimate of drug-likeness (QED) is 0.661. The summed E-state index contributed by atoms with van der Waals surface area (Å²) in [7, 11) is 0. The Morgan fingerprint density at radius 2 is 2.10 bits per heavy atom. The van der Waals surface area contributed by atoms with E-state index in [1.54, 1.807) is 6.08 Å². The number of cyclic esters (lactones) is 1. The fourth-order valence-corrected chi connectivity index (χ4v) is 3.16. The topological polar surface area (TPSA) is 98.7 Å². The van der Waals surface area contributed by atoms with Crippen LogP contribution in [0.25, 0.3) is 0 Å². The summed E-state index contributed by atoms with van der Waals surface area (Å²) in [6.07, 6.45) is 3.55.